The highest BCUT2D eigenvalue weighted by atomic mass is 127. The van der Waals surface area contributed by atoms with Gasteiger partial charge in [0.15, 0.2) is 0 Å². The summed E-state index contributed by atoms with van der Waals surface area (Å²) in [6.07, 6.45) is -12.9. The number of ether oxygens (including phenoxy) is 1. The van der Waals surface area contributed by atoms with Crippen LogP contribution in [-0.4, -0.2) is 47.8 Å². The summed E-state index contributed by atoms with van der Waals surface area (Å²) >= 11 is 1.55. The minimum atomic E-state index is -6.45. The van der Waals surface area contributed by atoms with Crippen LogP contribution in [0.25, 0.3) is 0 Å². The first-order valence-electron chi connectivity index (χ1n) is 5.79. The van der Waals surface area contributed by atoms with Gasteiger partial charge < -0.3 is 14.4 Å². The third-order valence-electron chi connectivity index (χ3n) is 2.74. The minimum Gasteiger partial charge on any atom is -0.748 e. The van der Waals surface area contributed by atoms with Gasteiger partial charge in [-0.2, -0.15) is 26.3 Å². The lowest BCUT2D eigenvalue weighted by atomic mass is 10.1. The summed E-state index contributed by atoms with van der Waals surface area (Å²) in [7, 11) is -6.11. The third-order valence-corrected chi connectivity index (χ3v) is 4.42. The molecule has 0 aliphatic heterocycles. The van der Waals surface area contributed by atoms with E-state index >= 15 is 0 Å². The molecule has 25 heavy (non-hydrogen) atoms. The maximum absolute atomic E-state index is 13.0. The normalized spacial score (nSPS) is 13.6. The minimum absolute atomic E-state index is 0.120. The predicted molar refractivity (Wildman–Crippen MR) is 75.6 cm³/mol. The van der Waals surface area contributed by atoms with Crippen molar-refractivity contribution in [1.82, 2.24) is 0 Å². The number of carbonyl (C=O) groups is 1. The van der Waals surface area contributed by atoms with E-state index < -0.39 is 51.1 Å². The molecule has 6 nitrogen and oxygen atoms in total. The van der Waals surface area contributed by atoms with Crippen molar-refractivity contribution < 1.29 is 54.0 Å². The number of carbonyl (C=O) groups excluding carboxylic acids is 1. The predicted octanol–water partition coefficient (Wildman–Crippen LogP) is 2.56. The molecule has 1 aromatic carbocycles. The first-order valence-corrected chi connectivity index (χ1v) is 8.45. The van der Waals surface area contributed by atoms with Crippen LogP contribution in [-0.2, 0) is 14.9 Å². The number of phenols is 1. The molecule has 0 bridgehead atoms. The van der Waals surface area contributed by atoms with Gasteiger partial charge in [-0.05, 0) is 40.8 Å². The van der Waals surface area contributed by atoms with Crippen LogP contribution in [0, 0.1) is 3.57 Å². The number of esters is 1. The first-order chi connectivity index (χ1) is 11.0. The van der Waals surface area contributed by atoms with E-state index in [4.69, 9.17) is 0 Å². The van der Waals surface area contributed by atoms with Crippen molar-refractivity contribution in [2.24, 2.45) is 0 Å². The van der Waals surface area contributed by atoms with Gasteiger partial charge in [-0.25, -0.2) is 13.2 Å². The Morgan fingerprint density at radius 3 is 2.00 bits per heavy atom. The number of halogens is 7. The Kier molecular flexibility index (Phi) is 5.91. The van der Waals surface area contributed by atoms with Gasteiger partial charge in [-0.3, -0.25) is 0 Å². The van der Waals surface area contributed by atoms with Crippen LogP contribution in [0.5, 0.6) is 5.75 Å². The van der Waals surface area contributed by atoms with E-state index in [1.807, 2.05) is 0 Å². The van der Waals surface area contributed by atoms with E-state index in [-0.39, 0.29) is 3.57 Å². The smallest absolute Gasteiger partial charge is 0.438 e. The zero-order valence-corrected chi connectivity index (χ0v) is 14.5. The van der Waals surface area contributed by atoms with E-state index in [2.05, 4.69) is 4.74 Å². The summed E-state index contributed by atoms with van der Waals surface area (Å²) < 4.78 is 113. The summed E-state index contributed by atoms with van der Waals surface area (Å²) in [5.41, 5.74) is -6.48. The lowest BCUT2D eigenvalue weighted by Crippen LogP contribution is -2.63. The van der Waals surface area contributed by atoms with Crippen LogP contribution in [0.15, 0.2) is 18.2 Å². The quantitative estimate of drug-likeness (QED) is 0.291. The fourth-order valence-corrected chi connectivity index (χ4v) is 2.79. The highest BCUT2D eigenvalue weighted by Gasteiger charge is 2.75. The van der Waals surface area contributed by atoms with Gasteiger partial charge in [0.1, 0.15) is 5.75 Å². The first kappa shape index (κ1) is 21.8. The molecule has 0 spiro atoms. The molecule has 142 valence electrons. The number of rotatable bonds is 4. The number of aromatic hydroxyl groups is 1. The van der Waals surface area contributed by atoms with E-state index in [1.165, 1.54) is 0 Å². The maximum Gasteiger partial charge on any atom is 0.438 e. The fourth-order valence-electron chi connectivity index (χ4n) is 1.58. The SMILES string of the molecule is O=C(OC(CS(=O)(=O)[O-])(C(F)(F)F)C(F)(F)F)c1ccc(I)c(O)c1. The molecule has 0 aliphatic carbocycles. The molecule has 0 radical (unpaired) electrons. The molecule has 0 aromatic heterocycles. The molecule has 0 saturated heterocycles. The van der Waals surface area contributed by atoms with Crippen molar-refractivity contribution in [3.05, 3.63) is 27.3 Å². The van der Waals surface area contributed by atoms with Crippen LogP contribution < -0.4 is 0 Å². The third kappa shape index (κ3) is 4.87. The largest absolute Gasteiger partial charge is 0.748 e. The maximum atomic E-state index is 13.0. The van der Waals surface area contributed by atoms with Gasteiger partial charge in [0, 0.05) is 0 Å². The van der Waals surface area contributed by atoms with Gasteiger partial charge in [0.25, 0.3) is 0 Å². The average molecular weight is 507 g/mol. The molecule has 0 unspecified atom stereocenters. The molecule has 0 amide bonds. The van der Waals surface area contributed by atoms with E-state index in [9.17, 15) is 49.2 Å². The van der Waals surface area contributed by atoms with Crippen LogP contribution in [0.1, 0.15) is 10.4 Å². The molecule has 1 aromatic rings. The zero-order valence-electron chi connectivity index (χ0n) is 11.5. The molecule has 0 aliphatic rings. The summed E-state index contributed by atoms with van der Waals surface area (Å²) in [6.45, 7) is 0. The summed E-state index contributed by atoms with van der Waals surface area (Å²) in [6, 6.07) is 2.25. The molecular weight excluding hydrogens is 501 g/mol. The number of benzene rings is 1. The lowest BCUT2D eigenvalue weighted by molar-refractivity contribution is -0.356. The molecular formula is C11H6F6IO6S-. The topological polar surface area (TPSA) is 104 Å². The van der Waals surface area contributed by atoms with Gasteiger partial charge >= 0.3 is 23.9 Å². The highest BCUT2D eigenvalue weighted by Crippen LogP contribution is 2.47. The van der Waals surface area contributed by atoms with Gasteiger partial charge in [0.2, 0.25) is 0 Å². The average Bonchev–Trinajstić information content (AvgIpc) is 2.36. The zero-order chi connectivity index (χ0) is 19.8. The highest BCUT2D eigenvalue weighted by molar-refractivity contribution is 14.1. The van der Waals surface area contributed by atoms with Crippen LogP contribution in [0.4, 0.5) is 26.3 Å². The van der Waals surface area contributed by atoms with Crippen LogP contribution >= 0.6 is 22.6 Å². The van der Waals surface area contributed by atoms with Crippen molar-refractivity contribution in [2.45, 2.75) is 18.0 Å². The number of alkyl halides is 6. The van der Waals surface area contributed by atoms with Crippen molar-refractivity contribution in [3.8, 4) is 5.75 Å². The standard InChI is InChI=1S/C11H7F6IO6S/c12-10(13,14)9(11(15,16)17,4-25(21,22)23)24-8(20)5-1-2-6(18)7(19)3-5/h1-3,19H,4H2,(H,21,22,23)/p-1. The second kappa shape index (κ2) is 6.79. The molecule has 0 saturated carbocycles. The van der Waals surface area contributed by atoms with Crippen LogP contribution in [0.3, 0.4) is 0 Å². The second-order valence-corrected chi connectivity index (χ2v) is 7.15. The van der Waals surface area contributed by atoms with Crippen molar-refractivity contribution in [1.29, 1.82) is 0 Å². The Balaban J connectivity index is 3.46. The fraction of sp³-hybridized carbons (Fsp3) is 0.364. The second-order valence-electron chi connectivity index (χ2n) is 4.58. The van der Waals surface area contributed by atoms with Crippen molar-refractivity contribution >= 4 is 38.7 Å². The summed E-state index contributed by atoms with van der Waals surface area (Å²) in [5, 5.41) is 9.35. The van der Waals surface area contributed by atoms with Gasteiger partial charge in [-0.15, -0.1) is 0 Å². The Morgan fingerprint density at radius 1 is 1.16 bits per heavy atom. The summed E-state index contributed by atoms with van der Waals surface area (Å²) in [5.74, 6) is -5.96. The van der Waals surface area contributed by atoms with Gasteiger partial charge in [-0.1, -0.05) is 0 Å². The molecule has 1 rings (SSSR count). The van der Waals surface area contributed by atoms with E-state index in [1.54, 1.807) is 22.6 Å². The number of hydrogen-bond acceptors (Lipinski definition) is 6. The summed E-state index contributed by atoms with van der Waals surface area (Å²) in [4.78, 5) is 11.7. The Morgan fingerprint density at radius 2 is 1.64 bits per heavy atom. The van der Waals surface area contributed by atoms with Gasteiger partial charge in [0.05, 0.1) is 25.0 Å². The molecule has 0 fully saturated rings. The van der Waals surface area contributed by atoms with Crippen LogP contribution in [0.2, 0.25) is 0 Å². The molecule has 0 heterocycles. The monoisotopic (exact) mass is 507 g/mol. The number of hydrogen-bond donors (Lipinski definition) is 1. The van der Waals surface area contributed by atoms with E-state index in [0.717, 1.165) is 12.1 Å². The molecule has 1 N–H and O–H groups in total. The van der Waals surface area contributed by atoms with E-state index in [0.29, 0.717) is 6.07 Å². The Bertz CT molecular complexity index is 758. The lowest BCUT2D eigenvalue weighted by Gasteiger charge is -2.36. The Hall–Kier alpha value is -1.29. The Labute approximate surface area is 149 Å². The van der Waals surface area contributed by atoms with Crippen molar-refractivity contribution in [3.63, 3.8) is 0 Å². The molecule has 0 atom stereocenters. The van der Waals surface area contributed by atoms with Crippen molar-refractivity contribution in [2.75, 3.05) is 5.75 Å². The molecule has 14 heteroatoms. The number of phenolic OH excluding ortho intramolecular Hbond substituents is 1.